The van der Waals surface area contributed by atoms with E-state index in [2.05, 4.69) is 0 Å². The van der Waals surface area contributed by atoms with Gasteiger partial charge in [0, 0.05) is 0 Å². The molecular formula is C16H23F3O4. The van der Waals surface area contributed by atoms with Crippen molar-refractivity contribution in [2.45, 2.75) is 53.1 Å². The minimum atomic E-state index is -4.37. The monoisotopic (exact) mass is 336 g/mol. The maximum atomic E-state index is 12.8. The molecule has 0 aromatic rings. The molecule has 0 spiro atoms. The minimum absolute atomic E-state index is 0.0497. The van der Waals surface area contributed by atoms with Gasteiger partial charge in [-0.3, -0.25) is 9.59 Å². The van der Waals surface area contributed by atoms with Gasteiger partial charge >= 0.3 is 18.1 Å². The van der Waals surface area contributed by atoms with Crippen molar-refractivity contribution in [1.29, 1.82) is 0 Å². The summed E-state index contributed by atoms with van der Waals surface area (Å²) in [4.78, 5) is 24.7. The molecular weight excluding hydrogens is 313 g/mol. The Morgan fingerprint density at radius 1 is 1.13 bits per heavy atom. The molecule has 0 N–H and O–H groups in total. The summed E-state index contributed by atoms with van der Waals surface area (Å²) in [5.74, 6) is -2.52. The van der Waals surface area contributed by atoms with E-state index in [0.717, 1.165) is 0 Å². The second-order valence-electron chi connectivity index (χ2n) is 5.95. The van der Waals surface area contributed by atoms with Crippen LogP contribution in [0.4, 0.5) is 13.2 Å². The molecule has 1 atom stereocenters. The molecule has 132 valence electrons. The molecule has 0 aliphatic heterocycles. The van der Waals surface area contributed by atoms with Gasteiger partial charge in [0.25, 0.3) is 0 Å². The minimum Gasteiger partial charge on any atom is -0.465 e. The Morgan fingerprint density at radius 3 is 1.96 bits per heavy atom. The van der Waals surface area contributed by atoms with Crippen LogP contribution in [0.25, 0.3) is 0 Å². The predicted octanol–water partition coefficient (Wildman–Crippen LogP) is 3.80. The lowest BCUT2D eigenvalue weighted by Gasteiger charge is -2.24. The van der Waals surface area contributed by atoms with Crippen LogP contribution in [0, 0.1) is 11.3 Å². The van der Waals surface area contributed by atoms with Crippen molar-refractivity contribution in [2.75, 3.05) is 13.2 Å². The van der Waals surface area contributed by atoms with Crippen molar-refractivity contribution < 1.29 is 32.2 Å². The van der Waals surface area contributed by atoms with Gasteiger partial charge < -0.3 is 9.47 Å². The Bertz CT molecular complexity index is 472. The third kappa shape index (κ3) is 4.48. The zero-order valence-corrected chi connectivity index (χ0v) is 13.9. The Hall–Kier alpha value is -1.53. The molecule has 0 amide bonds. The lowest BCUT2D eigenvalue weighted by atomic mass is 9.84. The van der Waals surface area contributed by atoms with E-state index in [-0.39, 0.29) is 26.1 Å². The van der Waals surface area contributed by atoms with Crippen LogP contribution in [-0.2, 0) is 19.1 Å². The zero-order chi connectivity index (χ0) is 17.8. The Balaban J connectivity index is 3.25. The molecule has 0 heterocycles. The first kappa shape index (κ1) is 19.5. The van der Waals surface area contributed by atoms with E-state index < -0.39 is 35.9 Å². The molecule has 7 heteroatoms. The fourth-order valence-corrected chi connectivity index (χ4v) is 3.08. The van der Waals surface area contributed by atoms with E-state index >= 15 is 0 Å². The number of esters is 2. The van der Waals surface area contributed by atoms with Crippen LogP contribution in [0.5, 0.6) is 0 Å². The lowest BCUT2D eigenvalue weighted by molar-refractivity contribution is -0.173. The quantitative estimate of drug-likeness (QED) is 0.435. The highest BCUT2D eigenvalue weighted by Gasteiger charge is 2.57. The van der Waals surface area contributed by atoms with Gasteiger partial charge in [-0.05, 0) is 46.5 Å². The number of carbonyl (C=O) groups is 2. The first-order valence-electron chi connectivity index (χ1n) is 7.64. The molecule has 1 unspecified atom stereocenters. The van der Waals surface area contributed by atoms with E-state index in [9.17, 15) is 22.8 Å². The summed E-state index contributed by atoms with van der Waals surface area (Å²) < 4.78 is 48.4. The third-order valence-corrected chi connectivity index (χ3v) is 4.03. The second-order valence-corrected chi connectivity index (χ2v) is 5.95. The number of rotatable bonds is 5. The Kier molecular flexibility index (Phi) is 6.25. The molecule has 4 nitrogen and oxygen atoms in total. The van der Waals surface area contributed by atoms with Gasteiger partial charge in [-0.25, -0.2) is 0 Å². The average Bonchev–Trinajstić information content (AvgIpc) is 2.78. The van der Waals surface area contributed by atoms with Gasteiger partial charge in [0.15, 0.2) is 5.41 Å². The topological polar surface area (TPSA) is 52.6 Å². The molecule has 0 aromatic heterocycles. The normalized spacial score (nSPS) is 20.3. The first-order valence-corrected chi connectivity index (χ1v) is 7.64. The summed E-state index contributed by atoms with van der Waals surface area (Å²) >= 11 is 0. The van der Waals surface area contributed by atoms with Crippen molar-refractivity contribution in [3.05, 3.63) is 11.1 Å². The fourth-order valence-electron chi connectivity index (χ4n) is 3.08. The summed E-state index contributed by atoms with van der Waals surface area (Å²) in [6.07, 6.45) is -5.74. The zero-order valence-electron chi connectivity index (χ0n) is 13.9. The van der Waals surface area contributed by atoms with Gasteiger partial charge in [-0.15, -0.1) is 0 Å². The molecule has 1 aliphatic carbocycles. The van der Waals surface area contributed by atoms with E-state index in [1.165, 1.54) is 0 Å². The summed E-state index contributed by atoms with van der Waals surface area (Å²) in [5.41, 5.74) is -0.493. The van der Waals surface area contributed by atoms with E-state index in [0.29, 0.717) is 11.1 Å². The number of carbonyl (C=O) groups excluding carboxylic acids is 2. The predicted molar refractivity (Wildman–Crippen MR) is 77.5 cm³/mol. The highest BCUT2D eigenvalue weighted by Crippen LogP contribution is 2.51. The summed E-state index contributed by atoms with van der Waals surface area (Å²) in [5, 5.41) is 0. The molecule has 0 aromatic carbocycles. The second kappa shape index (κ2) is 7.36. The molecule has 23 heavy (non-hydrogen) atoms. The maximum absolute atomic E-state index is 12.8. The average molecular weight is 336 g/mol. The van der Waals surface area contributed by atoms with E-state index in [4.69, 9.17) is 9.47 Å². The van der Waals surface area contributed by atoms with Crippen molar-refractivity contribution in [2.24, 2.45) is 11.3 Å². The molecule has 0 radical (unpaired) electrons. The Morgan fingerprint density at radius 2 is 1.61 bits per heavy atom. The number of halogens is 3. The van der Waals surface area contributed by atoms with Gasteiger partial charge in [0.1, 0.15) is 0 Å². The number of hydrogen-bond acceptors (Lipinski definition) is 4. The standard InChI is InChI=1S/C16H23F3O4/c1-5-22-13(20)15(14(21)23-6-2)7-11(8-16(17,18)19)12(9-15)10(3)4/h11H,5-9H2,1-4H3. The highest BCUT2D eigenvalue weighted by molar-refractivity contribution is 6.01. The molecule has 1 saturated carbocycles. The van der Waals surface area contributed by atoms with Crippen molar-refractivity contribution in [3.8, 4) is 0 Å². The first-order chi connectivity index (χ1) is 10.6. The largest absolute Gasteiger partial charge is 0.465 e. The third-order valence-electron chi connectivity index (χ3n) is 4.03. The van der Waals surface area contributed by atoms with Gasteiger partial charge in [0.2, 0.25) is 0 Å². The van der Waals surface area contributed by atoms with Crippen LogP contribution < -0.4 is 0 Å². The molecule has 1 rings (SSSR count). The van der Waals surface area contributed by atoms with Crippen LogP contribution >= 0.6 is 0 Å². The SMILES string of the molecule is CCOC(=O)C1(C(=O)OCC)CC(=C(C)C)C(CC(F)(F)F)C1. The van der Waals surface area contributed by atoms with Crippen LogP contribution in [0.15, 0.2) is 11.1 Å². The van der Waals surface area contributed by atoms with Crippen LogP contribution in [0.2, 0.25) is 0 Å². The van der Waals surface area contributed by atoms with E-state index in [1.54, 1.807) is 27.7 Å². The van der Waals surface area contributed by atoms with Crippen molar-refractivity contribution in [1.82, 2.24) is 0 Å². The van der Waals surface area contributed by atoms with Gasteiger partial charge in [-0.1, -0.05) is 11.1 Å². The summed E-state index contributed by atoms with van der Waals surface area (Å²) in [6.45, 7) is 6.64. The van der Waals surface area contributed by atoms with E-state index in [1.807, 2.05) is 0 Å². The lowest BCUT2D eigenvalue weighted by Crippen LogP contribution is -2.40. The number of ether oxygens (including phenoxy) is 2. The van der Waals surface area contributed by atoms with Crippen molar-refractivity contribution in [3.63, 3.8) is 0 Å². The number of alkyl halides is 3. The van der Waals surface area contributed by atoms with Gasteiger partial charge in [-0.2, -0.15) is 13.2 Å². The summed E-state index contributed by atoms with van der Waals surface area (Å²) in [6, 6.07) is 0. The van der Waals surface area contributed by atoms with Crippen LogP contribution in [0.1, 0.15) is 47.0 Å². The molecule has 0 saturated heterocycles. The molecule has 0 bridgehead atoms. The molecule has 1 aliphatic rings. The van der Waals surface area contributed by atoms with Crippen molar-refractivity contribution >= 4 is 11.9 Å². The summed E-state index contributed by atoms with van der Waals surface area (Å²) in [7, 11) is 0. The number of hydrogen-bond donors (Lipinski definition) is 0. The van der Waals surface area contributed by atoms with Crippen LogP contribution in [-0.4, -0.2) is 31.3 Å². The smallest absolute Gasteiger partial charge is 0.389 e. The Labute approximate surface area is 134 Å². The maximum Gasteiger partial charge on any atom is 0.389 e. The number of allylic oxidation sites excluding steroid dienone is 2. The van der Waals surface area contributed by atoms with Crippen LogP contribution in [0.3, 0.4) is 0 Å². The van der Waals surface area contributed by atoms with Gasteiger partial charge in [0.05, 0.1) is 19.6 Å². The fraction of sp³-hybridized carbons (Fsp3) is 0.750. The molecule has 1 fully saturated rings. The highest BCUT2D eigenvalue weighted by atomic mass is 19.4.